The Labute approximate surface area is 421 Å². The molecule has 0 N–H and O–H groups in total. The average Bonchev–Trinajstić information content (AvgIpc) is 3.42. The summed E-state index contributed by atoms with van der Waals surface area (Å²) in [6, 6.07) is 101. The van der Waals surface area contributed by atoms with Crippen LogP contribution in [0.25, 0.3) is 11.1 Å². The van der Waals surface area contributed by atoms with Gasteiger partial charge in [-0.05, 0) is 121 Å². The molecule has 0 saturated heterocycles. The fourth-order valence-electron chi connectivity index (χ4n) is 9.90. The molecule has 0 amide bonds. The topological polar surface area (TPSA) is 0 Å². The van der Waals surface area contributed by atoms with E-state index in [1.165, 1.54) is 86.9 Å². The molecule has 10 aromatic rings. The molecule has 0 aliphatic carbocycles. The molecule has 10 aromatic carbocycles. The van der Waals surface area contributed by atoms with Crippen LogP contribution in [0.5, 0.6) is 0 Å². The van der Waals surface area contributed by atoms with Crippen LogP contribution in [0.1, 0.15) is 33.4 Å². The quantitative estimate of drug-likeness (QED) is 0.0798. The molecule has 0 unspecified atom stereocenters. The lowest BCUT2D eigenvalue weighted by Gasteiger charge is -2.30. The fourth-order valence-corrected chi connectivity index (χ4v) is 19.2. The average molecular weight is 975 g/mol. The van der Waals surface area contributed by atoms with Gasteiger partial charge in [-0.25, -0.2) is 0 Å². The molecule has 0 aliphatic heterocycles. The summed E-state index contributed by atoms with van der Waals surface area (Å²) >= 11 is 0. The van der Waals surface area contributed by atoms with Gasteiger partial charge in [0.2, 0.25) is 0 Å². The van der Waals surface area contributed by atoms with Crippen molar-refractivity contribution in [3.05, 3.63) is 300 Å². The Morgan fingerprint density at radius 3 is 0.500 bits per heavy atom. The van der Waals surface area contributed by atoms with Gasteiger partial charge in [-0.15, -0.1) is 0 Å². The lowest BCUT2D eigenvalue weighted by atomic mass is 9.87. The Hall–Kier alpha value is -6.08. The van der Waals surface area contributed by atoms with E-state index >= 15 is 0 Å². The third-order valence-corrected chi connectivity index (χ3v) is 23.0. The molecule has 0 aromatic heterocycles. The highest BCUT2D eigenvalue weighted by Gasteiger charge is 2.28. The molecule has 0 aliphatic rings. The predicted octanol–water partition coefficient (Wildman–Crippen LogP) is 14.5. The minimum absolute atomic E-state index is 0.757. The molecule has 0 radical (unpaired) electrons. The van der Waals surface area contributed by atoms with Gasteiger partial charge >= 0.3 is 0 Å². The number of benzene rings is 10. The summed E-state index contributed by atoms with van der Waals surface area (Å²) in [6.45, 7) is 4.67. The first-order chi connectivity index (χ1) is 34.6. The molecule has 70 heavy (non-hydrogen) atoms. The monoisotopic (exact) mass is 974 g/mol. The molecule has 0 nitrogen and oxygen atoms in total. The predicted molar refractivity (Wildman–Crippen MR) is 312 cm³/mol. The maximum absolute atomic E-state index is 2.56. The first-order valence-corrected chi connectivity index (χ1v) is 30.4. The zero-order valence-electron chi connectivity index (χ0n) is 40.0. The molecule has 10 rings (SSSR count). The summed E-state index contributed by atoms with van der Waals surface area (Å²) in [5.41, 5.74) is 11.3. The SMILES string of the molecule is Cc1cc(CP(c2ccccc2)c2ccccc2)c(-c2c(CP(c3ccccc3)c3ccccc3)cc(C)cc2CP(c2ccccc2)c2ccccc2)c(CP(c2ccccc2)c2ccccc2)c1. The Kier molecular flexibility index (Phi) is 15.8. The third-order valence-electron chi connectivity index (χ3n) is 13.0. The molecular formula is C66H58P4. The summed E-state index contributed by atoms with van der Waals surface area (Å²) < 4.78 is 0. The van der Waals surface area contributed by atoms with Crippen LogP contribution < -0.4 is 42.4 Å². The van der Waals surface area contributed by atoms with Gasteiger partial charge in [0.05, 0.1) is 0 Å². The van der Waals surface area contributed by atoms with Crippen LogP contribution in [-0.2, 0) is 24.6 Å². The molecule has 0 heterocycles. The van der Waals surface area contributed by atoms with Crippen LogP contribution in [0, 0.1) is 13.8 Å². The van der Waals surface area contributed by atoms with Crippen LogP contribution in [0.4, 0.5) is 0 Å². The molecule has 4 heteroatoms. The zero-order valence-corrected chi connectivity index (χ0v) is 43.6. The van der Waals surface area contributed by atoms with Gasteiger partial charge < -0.3 is 0 Å². The third kappa shape index (κ3) is 11.4. The van der Waals surface area contributed by atoms with E-state index in [0.29, 0.717) is 0 Å². The lowest BCUT2D eigenvalue weighted by molar-refractivity contribution is 1.22. The Bertz CT molecular complexity index is 2610. The van der Waals surface area contributed by atoms with Crippen LogP contribution in [0.2, 0.25) is 0 Å². The molecule has 0 bridgehead atoms. The van der Waals surface area contributed by atoms with E-state index in [-0.39, 0.29) is 0 Å². The first-order valence-electron chi connectivity index (χ1n) is 24.3. The van der Waals surface area contributed by atoms with Gasteiger partial charge in [0.15, 0.2) is 0 Å². The van der Waals surface area contributed by atoms with Gasteiger partial charge in [-0.2, -0.15) is 0 Å². The standard InChI is InChI=1S/C66H58P4/c1-51-43-53(47-67(57-27-11-3-12-28-57)58-29-13-4-14-30-58)65(54(44-51)48-68(59-31-15-5-16-32-59)60-33-17-6-18-34-60)66-55(49-69(61-35-19-7-20-36-61)62-37-21-8-22-38-62)45-52(2)46-56(66)50-70(63-39-23-9-24-40-63)64-41-25-10-26-42-64/h3-46H,47-50H2,1-2H3. The lowest BCUT2D eigenvalue weighted by Crippen LogP contribution is -2.17. The van der Waals surface area contributed by atoms with Crippen molar-refractivity contribution in [2.24, 2.45) is 0 Å². The van der Waals surface area contributed by atoms with Crippen molar-refractivity contribution in [3.8, 4) is 11.1 Å². The van der Waals surface area contributed by atoms with Gasteiger partial charge in [0.25, 0.3) is 0 Å². The van der Waals surface area contributed by atoms with Gasteiger partial charge in [-0.1, -0.05) is 278 Å². The minimum Gasteiger partial charge on any atom is -0.0622 e. The number of aryl methyl sites for hydroxylation is 2. The van der Waals surface area contributed by atoms with E-state index in [1.54, 1.807) is 0 Å². The van der Waals surface area contributed by atoms with Crippen LogP contribution in [-0.4, -0.2) is 0 Å². The normalized spacial score (nSPS) is 11.5. The highest BCUT2D eigenvalue weighted by atomic mass is 31.1. The van der Waals surface area contributed by atoms with E-state index in [4.69, 9.17) is 0 Å². The van der Waals surface area contributed by atoms with Crippen LogP contribution >= 0.6 is 31.7 Å². The van der Waals surface area contributed by atoms with Gasteiger partial charge in [-0.3, -0.25) is 0 Å². The van der Waals surface area contributed by atoms with Crippen molar-refractivity contribution in [1.82, 2.24) is 0 Å². The Morgan fingerprint density at radius 2 is 0.357 bits per heavy atom. The molecule has 0 saturated carbocycles. The summed E-state index contributed by atoms with van der Waals surface area (Å²) in [6.07, 6.45) is 3.75. The second kappa shape index (κ2) is 23.2. The highest BCUT2D eigenvalue weighted by molar-refractivity contribution is 7.73. The molecule has 0 atom stereocenters. The largest absolute Gasteiger partial charge is 0.0622 e. The van der Waals surface area contributed by atoms with Crippen molar-refractivity contribution in [2.75, 3.05) is 0 Å². The van der Waals surface area contributed by atoms with Crippen LogP contribution in [0.3, 0.4) is 0 Å². The second-order valence-corrected chi connectivity index (χ2v) is 26.8. The number of hydrogen-bond donors (Lipinski definition) is 0. The van der Waals surface area contributed by atoms with E-state index in [0.717, 1.165) is 24.6 Å². The minimum atomic E-state index is -0.757. The van der Waals surface area contributed by atoms with Gasteiger partial charge in [0, 0.05) is 24.6 Å². The number of rotatable bonds is 17. The molecular weight excluding hydrogens is 917 g/mol. The fraction of sp³-hybridized carbons (Fsp3) is 0.0909. The molecule has 342 valence electrons. The maximum Gasteiger partial charge on any atom is 0.00138 e. The first kappa shape index (κ1) is 47.6. The maximum atomic E-state index is 2.56. The zero-order chi connectivity index (χ0) is 47.5. The molecule has 0 fully saturated rings. The smallest absolute Gasteiger partial charge is 0.00138 e. The van der Waals surface area contributed by atoms with E-state index in [2.05, 4.69) is 281 Å². The van der Waals surface area contributed by atoms with Crippen molar-refractivity contribution >= 4 is 74.1 Å². The van der Waals surface area contributed by atoms with E-state index in [9.17, 15) is 0 Å². The molecule has 0 spiro atoms. The summed E-state index contributed by atoms with van der Waals surface area (Å²) in [4.78, 5) is 0. The van der Waals surface area contributed by atoms with Crippen molar-refractivity contribution in [3.63, 3.8) is 0 Å². The highest BCUT2D eigenvalue weighted by Crippen LogP contribution is 2.51. The number of hydrogen-bond acceptors (Lipinski definition) is 0. The second-order valence-electron chi connectivity index (χ2n) is 17.9. The Morgan fingerprint density at radius 1 is 0.214 bits per heavy atom. The summed E-state index contributed by atoms with van der Waals surface area (Å²) in [5.74, 6) is 0. The summed E-state index contributed by atoms with van der Waals surface area (Å²) in [5, 5.41) is 11.3. The van der Waals surface area contributed by atoms with Crippen molar-refractivity contribution in [1.29, 1.82) is 0 Å². The summed E-state index contributed by atoms with van der Waals surface area (Å²) in [7, 11) is -3.03. The van der Waals surface area contributed by atoms with Crippen LogP contribution in [0.15, 0.2) is 267 Å². The van der Waals surface area contributed by atoms with Crippen molar-refractivity contribution in [2.45, 2.75) is 38.5 Å². The van der Waals surface area contributed by atoms with E-state index in [1.807, 2.05) is 0 Å². The van der Waals surface area contributed by atoms with Gasteiger partial charge in [0.1, 0.15) is 0 Å². The van der Waals surface area contributed by atoms with Crippen molar-refractivity contribution < 1.29 is 0 Å². The van der Waals surface area contributed by atoms with E-state index < -0.39 is 31.7 Å². The Balaban J connectivity index is 1.27.